The molecule has 0 unspecified atom stereocenters. The van der Waals surface area contributed by atoms with Gasteiger partial charge in [0.05, 0.1) is 0 Å². The highest BCUT2D eigenvalue weighted by molar-refractivity contribution is 5.97. The molecule has 0 bridgehead atoms. The van der Waals surface area contributed by atoms with Crippen LogP contribution in [0.15, 0.2) is 48.5 Å². The SMILES string of the molecule is CC(=O)Nc1cccc(C(=O)NCc2c(C)n(C)c3ccccc23)c1. The van der Waals surface area contributed by atoms with Crippen LogP contribution < -0.4 is 10.6 Å². The molecule has 0 atom stereocenters. The number of para-hydroxylation sites is 1. The number of hydrogen-bond donors (Lipinski definition) is 2. The molecule has 0 fully saturated rings. The van der Waals surface area contributed by atoms with Gasteiger partial charge in [0.2, 0.25) is 5.91 Å². The standard InChI is InChI=1S/C20H21N3O2/c1-13-18(17-9-4-5-10-19(17)23(13)3)12-21-20(25)15-7-6-8-16(11-15)22-14(2)24/h4-11H,12H2,1-3H3,(H,21,25)(H,22,24). The minimum absolute atomic E-state index is 0.163. The van der Waals surface area contributed by atoms with Gasteiger partial charge in [-0.3, -0.25) is 9.59 Å². The zero-order valence-corrected chi connectivity index (χ0v) is 14.6. The van der Waals surface area contributed by atoms with Gasteiger partial charge in [0, 0.05) is 48.4 Å². The lowest BCUT2D eigenvalue weighted by Crippen LogP contribution is -2.23. The molecular formula is C20H21N3O2. The Balaban J connectivity index is 1.79. The van der Waals surface area contributed by atoms with Gasteiger partial charge < -0.3 is 15.2 Å². The first kappa shape index (κ1) is 16.8. The molecule has 0 spiro atoms. The highest BCUT2D eigenvalue weighted by Gasteiger charge is 2.13. The lowest BCUT2D eigenvalue weighted by molar-refractivity contribution is -0.114. The molecule has 5 nitrogen and oxygen atoms in total. The van der Waals surface area contributed by atoms with Crippen molar-refractivity contribution in [3.63, 3.8) is 0 Å². The number of hydrogen-bond acceptors (Lipinski definition) is 2. The van der Waals surface area contributed by atoms with E-state index in [9.17, 15) is 9.59 Å². The van der Waals surface area contributed by atoms with Crippen LogP contribution in [-0.4, -0.2) is 16.4 Å². The first-order chi connectivity index (χ1) is 12.0. The number of benzene rings is 2. The third-order valence-corrected chi connectivity index (χ3v) is 4.40. The van der Waals surface area contributed by atoms with Crippen LogP contribution >= 0.6 is 0 Å². The molecule has 0 aliphatic heterocycles. The van der Waals surface area contributed by atoms with Gasteiger partial charge in [-0.15, -0.1) is 0 Å². The Morgan fingerprint density at radius 1 is 1.08 bits per heavy atom. The van der Waals surface area contributed by atoms with Crippen molar-refractivity contribution in [3.8, 4) is 0 Å². The number of carbonyl (C=O) groups is 2. The summed E-state index contributed by atoms with van der Waals surface area (Å²) in [4.78, 5) is 23.6. The summed E-state index contributed by atoms with van der Waals surface area (Å²) in [5.74, 6) is -0.330. The average molecular weight is 335 g/mol. The van der Waals surface area contributed by atoms with E-state index in [1.54, 1.807) is 24.3 Å². The molecule has 1 heterocycles. The molecule has 1 aromatic heterocycles. The van der Waals surface area contributed by atoms with Gasteiger partial charge in [0.25, 0.3) is 5.91 Å². The summed E-state index contributed by atoms with van der Waals surface area (Å²) in [6, 6.07) is 15.1. The maximum Gasteiger partial charge on any atom is 0.251 e. The summed E-state index contributed by atoms with van der Waals surface area (Å²) in [5, 5.41) is 6.81. The number of rotatable bonds is 4. The average Bonchev–Trinajstić information content (AvgIpc) is 2.84. The quantitative estimate of drug-likeness (QED) is 0.768. The maximum atomic E-state index is 12.5. The number of nitrogens with one attached hydrogen (secondary N) is 2. The van der Waals surface area contributed by atoms with Crippen LogP contribution in [0.4, 0.5) is 5.69 Å². The Hall–Kier alpha value is -3.08. The van der Waals surface area contributed by atoms with Crippen molar-refractivity contribution >= 4 is 28.4 Å². The third kappa shape index (κ3) is 3.40. The molecule has 3 aromatic rings. The number of carbonyl (C=O) groups excluding carboxylic acids is 2. The number of fused-ring (bicyclic) bond motifs is 1. The smallest absolute Gasteiger partial charge is 0.251 e. The van der Waals surface area contributed by atoms with E-state index >= 15 is 0 Å². The van der Waals surface area contributed by atoms with Crippen molar-refractivity contribution in [1.29, 1.82) is 0 Å². The van der Waals surface area contributed by atoms with E-state index in [0.29, 0.717) is 17.8 Å². The lowest BCUT2D eigenvalue weighted by Gasteiger charge is -2.08. The Morgan fingerprint density at radius 3 is 2.60 bits per heavy atom. The van der Waals surface area contributed by atoms with Crippen LogP contribution in [0.2, 0.25) is 0 Å². The van der Waals surface area contributed by atoms with Crippen LogP contribution in [0.1, 0.15) is 28.5 Å². The van der Waals surface area contributed by atoms with Crippen LogP contribution in [0.3, 0.4) is 0 Å². The Morgan fingerprint density at radius 2 is 1.84 bits per heavy atom. The van der Waals surface area contributed by atoms with Crippen molar-refractivity contribution in [1.82, 2.24) is 9.88 Å². The van der Waals surface area contributed by atoms with E-state index in [2.05, 4.69) is 34.3 Å². The monoisotopic (exact) mass is 335 g/mol. The molecule has 128 valence electrons. The van der Waals surface area contributed by atoms with Gasteiger partial charge in [-0.1, -0.05) is 24.3 Å². The molecule has 25 heavy (non-hydrogen) atoms. The zero-order chi connectivity index (χ0) is 18.0. The normalized spacial score (nSPS) is 10.7. The molecule has 2 N–H and O–H groups in total. The van der Waals surface area contributed by atoms with Crippen LogP contribution in [-0.2, 0) is 18.4 Å². The number of aromatic nitrogens is 1. The molecule has 2 amide bonds. The predicted molar refractivity (Wildman–Crippen MR) is 99.6 cm³/mol. The fourth-order valence-corrected chi connectivity index (χ4v) is 3.03. The van der Waals surface area contributed by atoms with Crippen molar-refractivity contribution in [3.05, 3.63) is 65.4 Å². The van der Waals surface area contributed by atoms with Crippen molar-refractivity contribution < 1.29 is 9.59 Å². The van der Waals surface area contributed by atoms with E-state index < -0.39 is 0 Å². The van der Waals surface area contributed by atoms with Crippen molar-refractivity contribution in [2.45, 2.75) is 20.4 Å². The highest BCUT2D eigenvalue weighted by atomic mass is 16.2. The van der Waals surface area contributed by atoms with Crippen LogP contribution in [0.25, 0.3) is 10.9 Å². The molecule has 0 aliphatic rings. The highest BCUT2D eigenvalue weighted by Crippen LogP contribution is 2.24. The van der Waals surface area contributed by atoms with Gasteiger partial charge in [0.15, 0.2) is 0 Å². The van der Waals surface area contributed by atoms with Gasteiger partial charge >= 0.3 is 0 Å². The summed E-state index contributed by atoms with van der Waals surface area (Å²) >= 11 is 0. The Kier molecular flexibility index (Phi) is 4.57. The fourth-order valence-electron chi connectivity index (χ4n) is 3.03. The van der Waals surface area contributed by atoms with E-state index in [-0.39, 0.29) is 11.8 Å². The molecule has 3 rings (SSSR count). The van der Waals surface area contributed by atoms with Crippen molar-refractivity contribution in [2.75, 3.05) is 5.32 Å². The first-order valence-corrected chi connectivity index (χ1v) is 8.16. The molecule has 0 saturated heterocycles. The third-order valence-electron chi connectivity index (χ3n) is 4.40. The van der Waals surface area contributed by atoms with Crippen LogP contribution in [0, 0.1) is 6.92 Å². The second-order valence-corrected chi connectivity index (χ2v) is 6.08. The Labute approximate surface area is 146 Å². The molecule has 0 saturated carbocycles. The second-order valence-electron chi connectivity index (χ2n) is 6.08. The number of amides is 2. The number of aryl methyl sites for hydroxylation is 1. The van der Waals surface area contributed by atoms with Crippen LogP contribution in [0.5, 0.6) is 0 Å². The van der Waals surface area contributed by atoms with E-state index in [1.807, 2.05) is 19.2 Å². The summed E-state index contributed by atoms with van der Waals surface area (Å²) in [6.07, 6.45) is 0. The molecule has 0 aliphatic carbocycles. The van der Waals surface area contributed by atoms with E-state index in [1.165, 1.54) is 6.92 Å². The minimum Gasteiger partial charge on any atom is -0.348 e. The van der Waals surface area contributed by atoms with Gasteiger partial charge in [-0.05, 0) is 36.8 Å². The lowest BCUT2D eigenvalue weighted by atomic mass is 10.1. The summed E-state index contributed by atoms with van der Waals surface area (Å²) in [5.41, 5.74) is 4.53. The largest absolute Gasteiger partial charge is 0.348 e. The van der Waals surface area contributed by atoms with Gasteiger partial charge in [-0.2, -0.15) is 0 Å². The summed E-state index contributed by atoms with van der Waals surface area (Å²) < 4.78 is 2.13. The topological polar surface area (TPSA) is 63.1 Å². The van der Waals surface area contributed by atoms with Crippen molar-refractivity contribution in [2.24, 2.45) is 7.05 Å². The molecular weight excluding hydrogens is 314 g/mol. The van der Waals surface area contributed by atoms with Gasteiger partial charge in [-0.25, -0.2) is 0 Å². The molecule has 0 radical (unpaired) electrons. The predicted octanol–water partition coefficient (Wildman–Crippen LogP) is 3.38. The zero-order valence-electron chi connectivity index (χ0n) is 14.6. The fraction of sp³-hybridized carbons (Fsp3) is 0.200. The maximum absolute atomic E-state index is 12.5. The second kappa shape index (κ2) is 6.81. The van der Waals surface area contributed by atoms with Gasteiger partial charge in [0.1, 0.15) is 0 Å². The number of nitrogens with zero attached hydrogens (tertiary/aromatic N) is 1. The summed E-state index contributed by atoms with van der Waals surface area (Å²) in [7, 11) is 2.03. The Bertz CT molecular complexity index is 957. The minimum atomic E-state index is -0.167. The first-order valence-electron chi connectivity index (χ1n) is 8.16. The van der Waals surface area contributed by atoms with E-state index in [0.717, 1.165) is 22.2 Å². The summed E-state index contributed by atoms with van der Waals surface area (Å²) in [6.45, 7) is 3.95. The number of anilines is 1. The van der Waals surface area contributed by atoms with E-state index in [4.69, 9.17) is 0 Å². The molecule has 2 aromatic carbocycles. The molecule has 5 heteroatoms.